The van der Waals surface area contributed by atoms with Gasteiger partial charge in [-0.05, 0) is 31.3 Å². The number of nitrogens with one attached hydrogen (secondary N) is 1. The lowest BCUT2D eigenvalue weighted by Gasteiger charge is -2.21. The van der Waals surface area contributed by atoms with Crippen LogP contribution in [0, 0.1) is 0 Å². The van der Waals surface area contributed by atoms with Crippen molar-refractivity contribution in [1.29, 1.82) is 0 Å². The van der Waals surface area contributed by atoms with Gasteiger partial charge in [0.05, 0.1) is 20.3 Å². The number of nitrogens with zero attached hydrogens (tertiary/aromatic N) is 1. The van der Waals surface area contributed by atoms with E-state index in [9.17, 15) is 0 Å². The average molecular weight is 293 g/mol. The van der Waals surface area contributed by atoms with Crippen molar-refractivity contribution in [3.63, 3.8) is 0 Å². The van der Waals surface area contributed by atoms with Crippen LogP contribution in [-0.4, -0.2) is 26.3 Å². The average Bonchev–Trinajstić information content (AvgIpc) is 2.49. The summed E-state index contributed by atoms with van der Waals surface area (Å²) in [7, 11) is 5.12. The third-order valence-electron chi connectivity index (χ3n) is 3.10. The molecule has 0 bridgehead atoms. The Morgan fingerprint density at radius 1 is 1.15 bits per heavy atom. The minimum absolute atomic E-state index is 0.118. The molecule has 106 valence electrons. The van der Waals surface area contributed by atoms with E-state index < -0.39 is 0 Å². The molecule has 1 atom stereocenters. The molecule has 5 heteroatoms. The van der Waals surface area contributed by atoms with Gasteiger partial charge in [-0.3, -0.25) is 0 Å². The van der Waals surface area contributed by atoms with Crippen LogP contribution in [-0.2, 0) is 0 Å². The fraction of sp³-hybridized carbons (Fsp3) is 0.267. The Morgan fingerprint density at radius 2 is 1.95 bits per heavy atom. The molecule has 2 rings (SSSR count). The molecule has 1 aromatic carbocycles. The number of hydrogen-bond donors (Lipinski definition) is 1. The Kier molecular flexibility index (Phi) is 4.82. The first kappa shape index (κ1) is 14.6. The number of benzene rings is 1. The molecule has 20 heavy (non-hydrogen) atoms. The van der Waals surface area contributed by atoms with E-state index in [1.807, 2.05) is 31.3 Å². The molecule has 1 unspecified atom stereocenters. The number of aromatic nitrogens is 1. The van der Waals surface area contributed by atoms with E-state index in [1.165, 1.54) is 0 Å². The van der Waals surface area contributed by atoms with Gasteiger partial charge >= 0.3 is 0 Å². The maximum Gasteiger partial charge on any atom is 0.218 e. The monoisotopic (exact) mass is 292 g/mol. The molecule has 0 spiro atoms. The lowest BCUT2D eigenvalue weighted by molar-refractivity contribution is 0.384. The number of halogens is 1. The molecule has 2 aromatic rings. The minimum atomic E-state index is -0.118. The minimum Gasteiger partial charge on any atom is -0.496 e. The molecule has 1 aromatic heterocycles. The van der Waals surface area contributed by atoms with Crippen LogP contribution in [0.5, 0.6) is 11.6 Å². The Bertz CT molecular complexity index is 590. The van der Waals surface area contributed by atoms with Crippen molar-refractivity contribution in [2.45, 2.75) is 6.04 Å². The highest BCUT2D eigenvalue weighted by Gasteiger charge is 2.21. The van der Waals surface area contributed by atoms with Gasteiger partial charge in [0.2, 0.25) is 5.88 Å². The van der Waals surface area contributed by atoms with E-state index in [4.69, 9.17) is 21.1 Å². The molecule has 0 saturated heterocycles. The van der Waals surface area contributed by atoms with E-state index in [2.05, 4.69) is 10.3 Å². The van der Waals surface area contributed by atoms with Crippen molar-refractivity contribution < 1.29 is 9.47 Å². The summed E-state index contributed by atoms with van der Waals surface area (Å²) in [5, 5.41) is 3.91. The third-order valence-corrected chi connectivity index (χ3v) is 3.33. The van der Waals surface area contributed by atoms with Crippen molar-refractivity contribution in [3.05, 3.63) is 52.7 Å². The number of ether oxygens (including phenoxy) is 2. The molecule has 0 amide bonds. The molecule has 0 fully saturated rings. The number of hydrogen-bond acceptors (Lipinski definition) is 4. The van der Waals surface area contributed by atoms with Crippen LogP contribution in [0.15, 0.2) is 36.5 Å². The summed E-state index contributed by atoms with van der Waals surface area (Å²) in [5.41, 5.74) is 1.87. The predicted molar refractivity (Wildman–Crippen MR) is 79.7 cm³/mol. The zero-order valence-corrected chi connectivity index (χ0v) is 12.4. The fourth-order valence-electron chi connectivity index (χ4n) is 2.20. The Hall–Kier alpha value is -1.78. The molecule has 1 heterocycles. The SMILES string of the molecule is CNC(c1cc(Cl)ccc1OC)c1cccnc1OC. The standard InChI is InChI=1S/C15H17ClN2O2/c1-17-14(11-5-4-8-18-15(11)20-3)12-9-10(16)6-7-13(12)19-2/h4-9,14,17H,1-3H3. The Morgan fingerprint density at radius 3 is 2.60 bits per heavy atom. The van der Waals surface area contributed by atoms with Gasteiger partial charge < -0.3 is 14.8 Å². The second-order valence-corrected chi connectivity index (χ2v) is 4.65. The van der Waals surface area contributed by atoms with Crippen LogP contribution < -0.4 is 14.8 Å². The molecule has 0 radical (unpaired) electrons. The van der Waals surface area contributed by atoms with Crippen molar-refractivity contribution in [3.8, 4) is 11.6 Å². The Labute approximate surface area is 123 Å². The van der Waals surface area contributed by atoms with Gasteiger partial charge in [0.1, 0.15) is 5.75 Å². The largest absolute Gasteiger partial charge is 0.496 e. The normalized spacial score (nSPS) is 12.0. The Balaban J connectivity index is 2.55. The van der Waals surface area contributed by atoms with E-state index in [1.54, 1.807) is 26.5 Å². The molecular weight excluding hydrogens is 276 g/mol. The van der Waals surface area contributed by atoms with Crippen molar-refractivity contribution in [2.75, 3.05) is 21.3 Å². The van der Waals surface area contributed by atoms with Gasteiger partial charge in [-0.2, -0.15) is 0 Å². The topological polar surface area (TPSA) is 43.4 Å². The molecule has 4 nitrogen and oxygen atoms in total. The molecule has 0 aliphatic rings. The zero-order chi connectivity index (χ0) is 14.5. The summed E-state index contributed by atoms with van der Waals surface area (Å²) >= 11 is 6.11. The van der Waals surface area contributed by atoms with Gasteiger partial charge in [0.15, 0.2) is 0 Å². The van der Waals surface area contributed by atoms with Crippen LogP contribution >= 0.6 is 11.6 Å². The van der Waals surface area contributed by atoms with Gasteiger partial charge in [-0.1, -0.05) is 17.7 Å². The molecule has 0 aliphatic carbocycles. The molecule has 1 N–H and O–H groups in total. The van der Waals surface area contributed by atoms with Gasteiger partial charge in [-0.25, -0.2) is 4.98 Å². The van der Waals surface area contributed by atoms with Crippen molar-refractivity contribution in [2.24, 2.45) is 0 Å². The zero-order valence-electron chi connectivity index (χ0n) is 11.7. The van der Waals surface area contributed by atoms with Crippen LogP contribution in [0.25, 0.3) is 0 Å². The summed E-state index contributed by atoms with van der Waals surface area (Å²) in [5.74, 6) is 1.34. The quantitative estimate of drug-likeness (QED) is 0.920. The second kappa shape index (κ2) is 6.59. The number of rotatable bonds is 5. The van der Waals surface area contributed by atoms with Crippen LogP contribution in [0.2, 0.25) is 5.02 Å². The molecular formula is C15H17ClN2O2. The summed E-state index contributed by atoms with van der Waals surface area (Å²) < 4.78 is 10.7. The van der Waals surface area contributed by atoms with Crippen LogP contribution in [0.3, 0.4) is 0 Å². The van der Waals surface area contributed by atoms with Crippen molar-refractivity contribution in [1.82, 2.24) is 10.3 Å². The summed E-state index contributed by atoms with van der Waals surface area (Å²) in [4.78, 5) is 4.23. The maximum absolute atomic E-state index is 6.11. The lowest BCUT2D eigenvalue weighted by Crippen LogP contribution is -2.19. The van der Waals surface area contributed by atoms with E-state index in [0.29, 0.717) is 10.9 Å². The van der Waals surface area contributed by atoms with Gasteiger partial charge in [0.25, 0.3) is 0 Å². The lowest BCUT2D eigenvalue weighted by atomic mass is 9.99. The maximum atomic E-state index is 6.11. The first-order valence-electron chi connectivity index (χ1n) is 6.20. The molecule has 0 aliphatic heterocycles. The first-order chi connectivity index (χ1) is 9.71. The number of methoxy groups -OCH3 is 2. The second-order valence-electron chi connectivity index (χ2n) is 4.21. The highest BCUT2D eigenvalue weighted by molar-refractivity contribution is 6.30. The molecule has 0 saturated carbocycles. The number of pyridine rings is 1. The summed E-state index contributed by atoms with van der Waals surface area (Å²) in [6.07, 6.45) is 1.70. The fourth-order valence-corrected chi connectivity index (χ4v) is 2.38. The van der Waals surface area contributed by atoms with Crippen molar-refractivity contribution >= 4 is 11.6 Å². The predicted octanol–water partition coefficient (Wildman–Crippen LogP) is 3.06. The van der Waals surface area contributed by atoms with Crippen LogP contribution in [0.4, 0.5) is 0 Å². The third kappa shape index (κ3) is 2.86. The van der Waals surface area contributed by atoms with Crippen LogP contribution in [0.1, 0.15) is 17.2 Å². The summed E-state index contributed by atoms with van der Waals surface area (Å²) in [6, 6.07) is 9.26. The van der Waals surface area contributed by atoms with Gasteiger partial charge in [-0.15, -0.1) is 0 Å². The van der Waals surface area contributed by atoms with Gasteiger partial charge in [0, 0.05) is 22.3 Å². The smallest absolute Gasteiger partial charge is 0.218 e. The summed E-state index contributed by atoms with van der Waals surface area (Å²) in [6.45, 7) is 0. The van der Waals surface area contributed by atoms with E-state index in [0.717, 1.165) is 16.9 Å². The first-order valence-corrected chi connectivity index (χ1v) is 6.58. The highest BCUT2D eigenvalue weighted by atomic mass is 35.5. The van der Waals surface area contributed by atoms with E-state index in [-0.39, 0.29) is 6.04 Å². The van der Waals surface area contributed by atoms with E-state index >= 15 is 0 Å². The highest BCUT2D eigenvalue weighted by Crippen LogP contribution is 2.34.